The van der Waals surface area contributed by atoms with Gasteiger partial charge in [-0.3, -0.25) is 20.1 Å². The van der Waals surface area contributed by atoms with Gasteiger partial charge in [-0.1, -0.05) is 25.5 Å². The number of hydrogen-bond acceptors (Lipinski definition) is 6. The summed E-state index contributed by atoms with van der Waals surface area (Å²) in [6.45, 7) is 2.09. The summed E-state index contributed by atoms with van der Waals surface area (Å²) < 4.78 is 13.9. The molecule has 0 saturated carbocycles. The summed E-state index contributed by atoms with van der Waals surface area (Å²) in [5.41, 5.74) is 6.91. The fourth-order valence-corrected chi connectivity index (χ4v) is 4.65. The lowest BCUT2D eigenvalue weighted by molar-refractivity contribution is 0.190. The average molecular weight is 508 g/mol. The summed E-state index contributed by atoms with van der Waals surface area (Å²) in [5, 5.41) is 22.7. The quantitative estimate of drug-likeness (QED) is 0.180. The van der Waals surface area contributed by atoms with Gasteiger partial charge in [-0.25, -0.2) is 4.39 Å². The Morgan fingerprint density at radius 1 is 0.947 bits per heavy atom. The lowest BCUT2D eigenvalue weighted by Crippen LogP contribution is -2.18. The van der Waals surface area contributed by atoms with Crippen molar-refractivity contribution in [2.75, 3.05) is 5.32 Å². The van der Waals surface area contributed by atoms with Crippen molar-refractivity contribution in [1.29, 1.82) is 0 Å². The molecule has 9 heteroatoms. The van der Waals surface area contributed by atoms with Gasteiger partial charge in [0.2, 0.25) is 0 Å². The van der Waals surface area contributed by atoms with Gasteiger partial charge in [-0.2, -0.15) is 5.10 Å². The second-order valence-electron chi connectivity index (χ2n) is 9.27. The van der Waals surface area contributed by atoms with Gasteiger partial charge in [-0.15, -0.1) is 0 Å². The van der Waals surface area contributed by atoms with Crippen LogP contribution < -0.4 is 5.32 Å². The Labute approximate surface area is 218 Å². The number of aromatic nitrogens is 6. The SMILES string of the molecule is CCCCC(O)Nc1cncc(-c2cc3c(-c4cc5c(-c6cccc(F)c6)nccc5[nH]4)n[nH]c3cn2)c1. The molecule has 8 nitrogen and oxygen atoms in total. The first-order valence-corrected chi connectivity index (χ1v) is 12.6. The topological polar surface area (TPSA) is 115 Å². The van der Waals surface area contributed by atoms with E-state index in [1.54, 1.807) is 30.9 Å². The smallest absolute Gasteiger partial charge is 0.124 e. The maximum atomic E-state index is 13.9. The van der Waals surface area contributed by atoms with E-state index in [1.165, 1.54) is 12.1 Å². The van der Waals surface area contributed by atoms with E-state index < -0.39 is 6.23 Å². The second kappa shape index (κ2) is 10.0. The van der Waals surface area contributed by atoms with Gasteiger partial charge in [0.1, 0.15) is 17.7 Å². The van der Waals surface area contributed by atoms with Gasteiger partial charge >= 0.3 is 0 Å². The highest BCUT2D eigenvalue weighted by Gasteiger charge is 2.16. The van der Waals surface area contributed by atoms with E-state index in [9.17, 15) is 9.50 Å². The zero-order valence-electron chi connectivity index (χ0n) is 20.7. The number of hydrogen-bond donors (Lipinski definition) is 4. The molecule has 4 N–H and O–H groups in total. The van der Waals surface area contributed by atoms with E-state index in [-0.39, 0.29) is 5.82 Å². The lowest BCUT2D eigenvalue weighted by atomic mass is 10.1. The van der Waals surface area contributed by atoms with Crippen LogP contribution in [0.25, 0.3) is 55.7 Å². The van der Waals surface area contributed by atoms with Crippen molar-refractivity contribution in [1.82, 2.24) is 30.1 Å². The Balaban J connectivity index is 1.37. The number of nitrogens with one attached hydrogen (secondary N) is 3. The van der Waals surface area contributed by atoms with Crippen LogP contribution in [0.4, 0.5) is 10.1 Å². The summed E-state index contributed by atoms with van der Waals surface area (Å²) in [6.07, 6.45) is 8.90. The number of aromatic amines is 2. The molecule has 0 fully saturated rings. The van der Waals surface area contributed by atoms with Crippen molar-refractivity contribution in [3.63, 3.8) is 0 Å². The molecule has 0 radical (unpaired) electrons. The van der Waals surface area contributed by atoms with Gasteiger partial charge in [0.25, 0.3) is 0 Å². The van der Waals surface area contributed by atoms with Crippen LogP contribution >= 0.6 is 0 Å². The number of benzene rings is 1. The van der Waals surface area contributed by atoms with Crippen LogP contribution in [0.1, 0.15) is 26.2 Å². The molecule has 6 aromatic rings. The zero-order chi connectivity index (χ0) is 26.1. The summed E-state index contributed by atoms with van der Waals surface area (Å²) in [5.74, 6) is -0.306. The predicted molar refractivity (Wildman–Crippen MR) is 147 cm³/mol. The average Bonchev–Trinajstić information content (AvgIpc) is 3.55. The number of fused-ring (bicyclic) bond motifs is 2. The van der Waals surface area contributed by atoms with Gasteiger partial charge in [0, 0.05) is 39.8 Å². The lowest BCUT2D eigenvalue weighted by Gasteiger charge is -2.14. The zero-order valence-corrected chi connectivity index (χ0v) is 20.7. The third-order valence-electron chi connectivity index (χ3n) is 6.55. The predicted octanol–water partition coefficient (Wildman–Crippen LogP) is 6.29. The van der Waals surface area contributed by atoms with E-state index in [2.05, 4.69) is 42.4 Å². The highest BCUT2D eigenvalue weighted by atomic mass is 19.1. The number of H-pyrrole nitrogens is 2. The van der Waals surface area contributed by atoms with Crippen LogP contribution in [0, 0.1) is 5.82 Å². The normalized spacial score (nSPS) is 12.3. The Morgan fingerprint density at radius 3 is 2.71 bits per heavy atom. The molecule has 190 valence electrons. The second-order valence-corrected chi connectivity index (χ2v) is 9.27. The number of anilines is 1. The first-order valence-electron chi connectivity index (χ1n) is 12.6. The van der Waals surface area contributed by atoms with Gasteiger partial charge in [0.05, 0.1) is 40.7 Å². The van der Waals surface area contributed by atoms with Crippen LogP contribution in [0.3, 0.4) is 0 Å². The molecule has 5 aromatic heterocycles. The Hall–Kier alpha value is -4.63. The minimum Gasteiger partial charge on any atom is -0.374 e. The van der Waals surface area contributed by atoms with Crippen LogP contribution in [0.2, 0.25) is 0 Å². The molecule has 6 rings (SSSR count). The first-order chi connectivity index (χ1) is 18.6. The van der Waals surface area contributed by atoms with Crippen LogP contribution in [0.15, 0.2) is 73.3 Å². The molecule has 0 spiro atoms. The molecular formula is C29H26FN7O. The van der Waals surface area contributed by atoms with Crippen molar-refractivity contribution < 1.29 is 9.50 Å². The third-order valence-corrected chi connectivity index (χ3v) is 6.55. The molecule has 0 amide bonds. The highest BCUT2D eigenvalue weighted by Crippen LogP contribution is 2.34. The Kier molecular flexibility index (Phi) is 6.27. The van der Waals surface area contributed by atoms with Gasteiger partial charge < -0.3 is 15.4 Å². The van der Waals surface area contributed by atoms with Crippen molar-refractivity contribution in [2.45, 2.75) is 32.4 Å². The monoisotopic (exact) mass is 507 g/mol. The van der Waals surface area contributed by atoms with Crippen LogP contribution in [-0.2, 0) is 0 Å². The van der Waals surface area contributed by atoms with Crippen LogP contribution in [-0.4, -0.2) is 41.5 Å². The van der Waals surface area contributed by atoms with Crippen molar-refractivity contribution in [2.24, 2.45) is 0 Å². The summed E-state index contributed by atoms with van der Waals surface area (Å²) in [7, 11) is 0. The van der Waals surface area contributed by atoms with Gasteiger partial charge in [0.15, 0.2) is 0 Å². The largest absolute Gasteiger partial charge is 0.374 e. The molecule has 0 saturated heterocycles. The summed E-state index contributed by atoms with van der Waals surface area (Å²) >= 11 is 0. The molecule has 0 aliphatic rings. The maximum Gasteiger partial charge on any atom is 0.124 e. The van der Waals surface area contributed by atoms with E-state index in [4.69, 9.17) is 0 Å². The third kappa shape index (κ3) is 4.59. The minimum absolute atomic E-state index is 0.306. The van der Waals surface area contributed by atoms with Gasteiger partial charge in [-0.05, 0) is 49.2 Å². The first kappa shape index (κ1) is 23.7. The van der Waals surface area contributed by atoms with Crippen molar-refractivity contribution in [3.05, 3.63) is 79.1 Å². The highest BCUT2D eigenvalue weighted by molar-refractivity contribution is 6.00. The fourth-order valence-electron chi connectivity index (χ4n) is 4.65. The molecule has 1 unspecified atom stereocenters. The Morgan fingerprint density at radius 2 is 1.84 bits per heavy atom. The number of rotatable bonds is 8. The molecule has 1 atom stereocenters. The molecule has 38 heavy (non-hydrogen) atoms. The number of pyridine rings is 3. The summed E-state index contributed by atoms with van der Waals surface area (Å²) in [6, 6.07) is 14.2. The van der Waals surface area contributed by atoms with E-state index in [1.807, 2.05) is 30.3 Å². The summed E-state index contributed by atoms with van der Waals surface area (Å²) in [4.78, 5) is 16.9. The van der Waals surface area contributed by atoms with Crippen molar-refractivity contribution in [3.8, 4) is 33.9 Å². The molecule has 1 aromatic carbocycles. The van der Waals surface area contributed by atoms with Crippen LogP contribution in [0.5, 0.6) is 0 Å². The Bertz CT molecular complexity index is 1740. The number of halogens is 1. The number of unbranched alkanes of at least 4 members (excludes halogenated alkanes) is 1. The molecule has 0 aliphatic carbocycles. The van der Waals surface area contributed by atoms with E-state index in [0.717, 1.165) is 63.0 Å². The molecule has 0 aliphatic heterocycles. The van der Waals surface area contributed by atoms with E-state index >= 15 is 0 Å². The number of aliphatic hydroxyl groups is 1. The fraction of sp³-hybridized carbons (Fsp3) is 0.172. The standard InChI is InChI=1S/C29H26FN7O/c1-2-3-7-27(38)34-20-11-18(14-31-15-20)24-12-22-26(16-33-24)36-37-29(22)25-13-21-23(35-25)8-9-32-28(21)17-5-4-6-19(30)10-17/h4-6,8-16,27,34-35,38H,2-3,7H2,1H3,(H,36,37). The minimum atomic E-state index is -0.628. The number of nitrogens with zero attached hydrogens (tertiary/aromatic N) is 4. The number of aliphatic hydroxyl groups excluding tert-OH is 1. The molecular weight excluding hydrogens is 481 g/mol. The molecule has 5 heterocycles. The maximum absolute atomic E-state index is 13.9. The van der Waals surface area contributed by atoms with E-state index in [0.29, 0.717) is 17.7 Å². The molecule has 0 bridgehead atoms. The van der Waals surface area contributed by atoms with Crippen molar-refractivity contribution >= 4 is 27.5 Å².